The van der Waals surface area contributed by atoms with Crippen LogP contribution in [0.25, 0.3) is 11.3 Å². The second-order valence-electron chi connectivity index (χ2n) is 8.67. The Labute approximate surface area is 228 Å². The van der Waals surface area contributed by atoms with Gasteiger partial charge in [0.2, 0.25) is 0 Å². The van der Waals surface area contributed by atoms with Crippen LogP contribution in [0.1, 0.15) is 21.6 Å². The van der Waals surface area contributed by atoms with Crippen LogP contribution in [0.2, 0.25) is 0 Å². The average Bonchev–Trinajstić information content (AvgIpc) is 3.47. The lowest BCUT2D eigenvalue weighted by Crippen LogP contribution is -2.01. The highest BCUT2D eigenvalue weighted by Crippen LogP contribution is 2.44. The Balaban J connectivity index is 1.58. The molecule has 0 fully saturated rings. The number of nitrogens with one attached hydrogen (secondary N) is 1. The Morgan fingerprint density at radius 2 is 1.40 bits per heavy atom. The van der Waals surface area contributed by atoms with Gasteiger partial charge in [-0.2, -0.15) is 5.10 Å². The summed E-state index contributed by atoms with van der Waals surface area (Å²) in [7, 11) is 0. The summed E-state index contributed by atoms with van der Waals surface area (Å²) in [6.07, 6.45) is 0. The van der Waals surface area contributed by atoms with Gasteiger partial charge in [-0.05, 0) is 29.3 Å². The van der Waals surface area contributed by atoms with Crippen molar-refractivity contribution in [3.05, 3.63) is 130 Å². The first-order chi connectivity index (χ1) is 19.5. The Morgan fingerprint density at radius 3 is 1.98 bits per heavy atom. The number of carbonyl (C=O) groups is 1. The largest absolute Gasteiger partial charge is 0.489 e. The van der Waals surface area contributed by atoms with Crippen LogP contribution >= 0.6 is 0 Å². The molecule has 0 saturated heterocycles. The molecular weight excluding hydrogens is 514 g/mol. The number of rotatable bonds is 11. The number of nitro benzene ring substituents is 1. The highest BCUT2D eigenvalue weighted by molar-refractivity contribution is 5.88. The van der Waals surface area contributed by atoms with E-state index >= 15 is 0 Å². The second kappa shape index (κ2) is 11.8. The fourth-order valence-corrected chi connectivity index (χ4v) is 3.91. The van der Waals surface area contributed by atoms with Gasteiger partial charge in [0.05, 0.1) is 16.2 Å². The molecule has 10 heteroatoms. The lowest BCUT2D eigenvalue weighted by molar-refractivity contribution is -0.384. The first-order valence-electron chi connectivity index (χ1n) is 12.2. The third-order valence-electron chi connectivity index (χ3n) is 5.87. The van der Waals surface area contributed by atoms with E-state index in [2.05, 4.69) is 10.2 Å². The van der Waals surface area contributed by atoms with Crippen molar-refractivity contribution in [3.8, 4) is 34.3 Å². The maximum Gasteiger partial charge on any atom is 0.356 e. The summed E-state index contributed by atoms with van der Waals surface area (Å²) in [6, 6.07) is 29.5. The minimum absolute atomic E-state index is 0.0842. The molecule has 1 heterocycles. The number of aromatic carboxylic acids is 1. The van der Waals surface area contributed by atoms with Crippen LogP contribution in [0.4, 0.5) is 5.69 Å². The molecule has 0 spiro atoms. The van der Waals surface area contributed by atoms with Crippen LogP contribution in [0.15, 0.2) is 103 Å². The molecular formula is C30H23N3O7. The third-order valence-corrected chi connectivity index (χ3v) is 5.87. The molecule has 5 rings (SSSR count). The van der Waals surface area contributed by atoms with Crippen molar-refractivity contribution in [2.24, 2.45) is 0 Å². The minimum atomic E-state index is -1.20. The average molecular weight is 538 g/mol. The van der Waals surface area contributed by atoms with Crippen molar-refractivity contribution >= 4 is 11.7 Å². The summed E-state index contributed by atoms with van der Waals surface area (Å²) in [5.74, 6) is 0.175. The summed E-state index contributed by atoms with van der Waals surface area (Å²) in [4.78, 5) is 22.2. The molecule has 5 aromatic rings. The van der Waals surface area contributed by atoms with E-state index in [4.69, 9.17) is 14.2 Å². The molecule has 0 aliphatic carbocycles. The number of non-ortho nitro benzene ring substituents is 1. The Hall–Kier alpha value is -5.64. The molecule has 2 N–H and O–H groups in total. The van der Waals surface area contributed by atoms with Crippen molar-refractivity contribution in [2.45, 2.75) is 13.2 Å². The molecule has 40 heavy (non-hydrogen) atoms. The van der Waals surface area contributed by atoms with E-state index in [9.17, 15) is 20.0 Å². The van der Waals surface area contributed by atoms with Gasteiger partial charge in [0.1, 0.15) is 36.2 Å². The zero-order chi connectivity index (χ0) is 27.9. The highest BCUT2D eigenvalue weighted by atomic mass is 16.6. The van der Waals surface area contributed by atoms with Gasteiger partial charge in [-0.1, -0.05) is 60.7 Å². The van der Waals surface area contributed by atoms with Crippen molar-refractivity contribution in [1.29, 1.82) is 0 Å². The van der Waals surface area contributed by atoms with Gasteiger partial charge >= 0.3 is 5.97 Å². The highest BCUT2D eigenvalue weighted by Gasteiger charge is 2.21. The standard InChI is InChI=1S/C30H23N3O7/c34-30(35)26-17-25(31-32-26)29-27(39-19-21-9-5-2-6-10-21)15-24(38-18-20-7-3-1-4-8-20)16-28(29)40-23-13-11-22(12-14-23)33(36)37/h1-17H,18-19H2,(H,31,32)(H,34,35). The van der Waals surface area contributed by atoms with Crippen LogP contribution in [-0.2, 0) is 13.2 Å². The first kappa shape index (κ1) is 26.0. The predicted octanol–water partition coefficient (Wildman–Crippen LogP) is 6.63. The number of aromatic nitrogens is 2. The number of hydrogen-bond donors (Lipinski definition) is 2. The number of carboxylic acids is 1. The fraction of sp³-hybridized carbons (Fsp3) is 0.0667. The van der Waals surface area contributed by atoms with Gasteiger partial charge in [-0.25, -0.2) is 4.79 Å². The number of benzene rings is 4. The molecule has 0 unspecified atom stereocenters. The van der Waals surface area contributed by atoms with E-state index in [0.717, 1.165) is 11.1 Å². The molecule has 0 aliphatic heterocycles. The summed E-state index contributed by atoms with van der Waals surface area (Å²) in [5, 5.41) is 27.2. The third kappa shape index (κ3) is 6.25. The van der Waals surface area contributed by atoms with E-state index < -0.39 is 10.9 Å². The number of ether oxygens (including phenoxy) is 3. The van der Waals surface area contributed by atoms with Crippen molar-refractivity contribution in [1.82, 2.24) is 10.2 Å². The van der Waals surface area contributed by atoms with E-state index in [1.54, 1.807) is 12.1 Å². The van der Waals surface area contributed by atoms with E-state index in [1.165, 1.54) is 30.3 Å². The van der Waals surface area contributed by atoms with Gasteiger partial charge in [0.25, 0.3) is 5.69 Å². The normalized spacial score (nSPS) is 10.6. The molecule has 200 valence electrons. The molecule has 0 amide bonds. The van der Waals surface area contributed by atoms with Crippen LogP contribution < -0.4 is 14.2 Å². The number of nitro groups is 1. The van der Waals surface area contributed by atoms with Crippen LogP contribution in [0, 0.1) is 10.1 Å². The van der Waals surface area contributed by atoms with Crippen LogP contribution in [0.3, 0.4) is 0 Å². The number of aromatic amines is 1. The van der Waals surface area contributed by atoms with Crippen LogP contribution in [-0.4, -0.2) is 26.2 Å². The maximum absolute atomic E-state index is 11.6. The predicted molar refractivity (Wildman–Crippen MR) is 146 cm³/mol. The van der Waals surface area contributed by atoms with Gasteiger partial charge in [0, 0.05) is 24.3 Å². The summed E-state index contributed by atoms with van der Waals surface area (Å²) < 4.78 is 18.5. The summed E-state index contributed by atoms with van der Waals surface area (Å²) >= 11 is 0. The van der Waals surface area contributed by atoms with Crippen LogP contribution in [0.5, 0.6) is 23.0 Å². The Kier molecular flexibility index (Phi) is 7.68. The van der Waals surface area contributed by atoms with Gasteiger partial charge < -0.3 is 19.3 Å². The van der Waals surface area contributed by atoms with E-state index in [-0.39, 0.29) is 30.3 Å². The molecule has 10 nitrogen and oxygen atoms in total. The van der Waals surface area contributed by atoms with Gasteiger partial charge in [-0.3, -0.25) is 15.2 Å². The minimum Gasteiger partial charge on any atom is -0.489 e. The molecule has 0 radical (unpaired) electrons. The molecule has 4 aromatic carbocycles. The quantitative estimate of drug-likeness (QED) is 0.141. The van der Waals surface area contributed by atoms with Crippen molar-refractivity contribution < 1.29 is 29.0 Å². The number of hydrogen-bond acceptors (Lipinski definition) is 7. The maximum atomic E-state index is 11.6. The Bertz CT molecular complexity index is 1620. The Morgan fingerprint density at radius 1 is 0.800 bits per heavy atom. The summed E-state index contributed by atoms with van der Waals surface area (Å²) in [5.41, 5.74) is 2.34. The molecule has 1 aromatic heterocycles. The monoisotopic (exact) mass is 537 g/mol. The number of carboxylic acid groups (broad SMARTS) is 1. The zero-order valence-electron chi connectivity index (χ0n) is 21.0. The second-order valence-corrected chi connectivity index (χ2v) is 8.67. The fourth-order valence-electron chi connectivity index (χ4n) is 3.91. The smallest absolute Gasteiger partial charge is 0.356 e. The molecule has 0 bridgehead atoms. The van der Waals surface area contributed by atoms with Crippen molar-refractivity contribution in [2.75, 3.05) is 0 Å². The van der Waals surface area contributed by atoms with E-state index in [1.807, 2.05) is 60.7 Å². The molecule has 0 atom stereocenters. The lowest BCUT2D eigenvalue weighted by atomic mass is 10.1. The van der Waals surface area contributed by atoms with Gasteiger partial charge in [0.15, 0.2) is 5.69 Å². The van der Waals surface area contributed by atoms with Gasteiger partial charge in [-0.15, -0.1) is 0 Å². The molecule has 0 aliphatic rings. The zero-order valence-corrected chi connectivity index (χ0v) is 21.0. The number of H-pyrrole nitrogens is 1. The number of nitrogens with zero attached hydrogens (tertiary/aromatic N) is 2. The summed E-state index contributed by atoms with van der Waals surface area (Å²) in [6.45, 7) is 0.495. The van der Waals surface area contributed by atoms with Crippen molar-refractivity contribution in [3.63, 3.8) is 0 Å². The SMILES string of the molecule is O=C(O)c1cc(-c2c(OCc3ccccc3)cc(OCc3ccccc3)cc2Oc2ccc([N+](=O)[O-])cc2)[nH]n1. The van der Waals surface area contributed by atoms with E-state index in [0.29, 0.717) is 28.5 Å². The topological polar surface area (TPSA) is 137 Å². The lowest BCUT2D eigenvalue weighted by Gasteiger charge is -2.18. The first-order valence-corrected chi connectivity index (χ1v) is 12.2. The molecule has 0 saturated carbocycles.